The molecule has 0 spiro atoms. The molecule has 1 aromatic rings. The van der Waals surface area contributed by atoms with Gasteiger partial charge in [0.1, 0.15) is 0 Å². The second-order valence-electron chi connectivity index (χ2n) is 4.23. The van der Waals surface area contributed by atoms with E-state index in [9.17, 15) is 0 Å². The van der Waals surface area contributed by atoms with Gasteiger partial charge in [-0.1, -0.05) is 43.1 Å². The van der Waals surface area contributed by atoms with E-state index in [1.165, 1.54) is 16.6 Å². The minimum absolute atomic E-state index is 0.546. The van der Waals surface area contributed by atoms with E-state index in [1.54, 1.807) is 0 Å². The number of rotatable bonds is 5. The first-order valence-electron chi connectivity index (χ1n) is 5.85. The molecule has 0 fully saturated rings. The fraction of sp³-hybridized carbons (Fsp3) is 0.750. The van der Waals surface area contributed by atoms with Crippen molar-refractivity contribution in [1.29, 1.82) is 0 Å². The van der Waals surface area contributed by atoms with Gasteiger partial charge in [-0.3, -0.25) is 4.68 Å². The van der Waals surface area contributed by atoms with Crippen molar-refractivity contribution >= 4 is 31.9 Å². The van der Waals surface area contributed by atoms with Gasteiger partial charge in [0.25, 0.3) is 0 Å². The van der Waals surface area contributed by atoms with Gasteiger partial charge in [0, 0.05) is 11.9 Å². The average molecular weight is 352 g/mol. The summed E-state index contributed by atoms with van der Waals surface area (Å²) in [5, 5.41) is 4.53. The molecule has 1 aromatic heterocycles. The molecule has 0 aromatic carbocycles. The number of halogens is 2. The van der Waals surface area contributed by atoms with Crippen molar-refractivity contribution in [2.24, 2.45) is 13.0 Å². The Balaban J connectivity index is 2.91. The van der Waals surface area contributed by atoms with E-state index in [4.69, 9.17) is 0 Å². The maximum absolute atomic E-state index is 4.53. The van der Waals surface area contributed by atoms with E-state index in [1.807, 2.05) is 11.7 Å². The van der Waals surface area contributed by atoms with Crippen LogP contribution in [0.2, 0.25) is 0 Å². The van der Waals surface area contributed by atoms with Crippen molar-refractivity contribution in [3.8, 4) is 0 Å². The van der Waals surface area contributed by atoms with Crippen LogP contribution < -0.4 is 0 Å². The van der Waals surface area contributed by atoms with Gasteiger partial charge in [-0.15, -0.1) is 0 Å². The monoisotopic (exact) mass is 350 g/mol. The SMILES string of the molecule is CCc1nn(C)c(CC(CC)C(C)Br)c1Br. The zero-order chi connectivity index (χ0) is 12.3. The molecule has 4 heteroatoms. The molecule has 1 heterocycles. The highest BCUT2D eigenvalue weighted by molar-refractivity contribution is 9.10. The standard InChI is InChI=1S/C12H20Br2N2/c1-5-9(8(3)13)7-11-12(14)10(6-2)15-16(11)4/h8-9H,5-7H2,1-4H3. The second kappa shape index (κ2) is 6.20. The Morgan fingerprint density at radius 1 is 1.38 bits per heavy atom. The number of hydrogen-bond donors (Lipinski definition) is 0. The Morgan fingerprint density at radius 3 is 2.38 bits per heavy atom. The van der Waals surface area contributed by atoms with Gasteiger partial charge in [-0.2, -0.15) is 5.10 Å². The third kappa shape index (κ3) is 3.10. The van der Waals surface area contributed by atoms with E-state index in [0.717, 1.165) is 18.5 Å². The Hall–Kier alpha value is 0.170. The smallest absolute Gasteiger partial charge is 0.0766 e. The molecule has 0 amide bonds. The molecule has 0 bridgehead atoms. The van der Waals surface area contributed by atoms with Crippen molar-refractivity contribution in [1.82, 2.24) is 9.78 Å². The molecule has 0 aliphatic rings. The van der Waals surface area contributed by atoms with Crippen LogP contribution >= 0.6 is 31.9 Å². The summed E-state index contributed by atoms with van der Waals surface area (Å²) in [7, 11) is 2.03. The molecular formula is C12H20Br2N2. The molecule has 0 saturated carbocycles. The first kappa shape index (κ1) is 14.2. The maximum Gasteiger partial charge on any atom is 0.0766 e. The van der Waals surface area contributed by atoms with Crippen molar-refractivity contribution < 1.29 is 0 Å². The highest BCUT2D eigenvalue weighted by Gasteiger charge is 2.19. The van der Waals surface area contributed by atoms with Gasteiger partial charge in [-0.25, -0.2) is 0 Å². The lowest BCUT2D eigenvalue weighted by Gasteiger charge is -2.17. The van der Waals surface area contributed by atoms with Crippen molar-refractivity contribution in [2.45, 2.75) is 44.9 Å². The van der Waals surface area contributed by atoms with Crippen molar-refractivity contribution in [3.05, 3.63) is 15.9 Å². The lowest BCUT2D eigenvalue weighted by atomic mass is 9.97. The van der Waals surface area contributed by atoms with E-state index < -0.39 is 0 Å². The molecule has 92 valence electrons. The summed E-state index contributed by atoms with van der Waals surface area (Å²) in [4.78, 5) is 0.546. The van der Waals surface area contributed by atoms with Crippen molar-refractivity contribution in [2.75, 3.05) is 0 Å². The lowest BCUT2D eigenvalue weighted by Crippen LogP contribution is -2.15. The normalized spacial score (nSPS) is 15.1. The van der Waals surface area contributed by atoms with Crippen LogP contribution in [0.15, 0.2) is 4.47 Å². The van der Waals surface area contributed by atoms with Crippen LogP contribution in [-0.2, 0) is 19.9 Å². The van der Waals surface area contributed by atoms with Crippen LogP contribution in [0.4, 0.5) is 0 Å². The zero-order valence-electron chi connectivity index (χ0n) is 10.4. The molecule has 0 aliphatic heterocycles. The molecule has 16 heavy (non-hydrogen) atoms. The molecule has 2 nitrogen and oxygen atoms in total. The summed E-state index contributed by atoms with van der Waals surface area (Å²) >= 11 is 7.36. The minimum atomic E-state index is 0.546. The summed E-state index contributed by atoms with van der Waals surface area (Å²) < 4.78 is 3.21. The summed E-state index contributed by atoms with van der Waals surface area (Å²) in [6.07, 6.45) is 3.24. The summed E-state index contributed by atoms with van der Waals surface area (Å²) in [6.45, 7) is 6.61. The quantitative estimate of drug-likeness (QED) is 0.730. The van der Waals surface area contributed by atoms with E-state index in [0.29, 0.717) is 10.7 Å². The topological polar surface area (TPSA) is 17.8 Å². The molecule has 0 N–H and O–H groups in total. The highest BCUT2D eigenvalue weighted by Crippen LogP contribution is 2.27. The first-order valence-corrected chi connectivity index (χ1v) is 7.56. The van der Waals surface area contributed by atoms with Gasteiger partial charge < -0.3 is 0 Å². The fourth-order valence-corrected chi connectivity index (χ4v) is 3.26. The predicted octanol–water partition coefficient (Wildman–Crippen LogP) is 4.10. The Labute approximate surface area is 115 Å². The molecule has 0 aliphatic carbocycles. The predicted molar refractivity (Wildman–Crippen MR) is 76.2 cm³/mol. The van der Waals surface area contributed by atoms with Gasteiger partial charge in [0.2, 0.25) is 0 Å². The number of nitrogens with zero attached hydrogens (tertiary/aromatic N) is 2. The molecular weight excluding hydrogens is 332 g/mol. The van der Waals surface area contributed by atoms with Crippen LogP contribution in [-0.4, -0.2) is 14.6 Å². The summed E-state index contributed by atoms with van der Waals surface area (Å²) in [6, 6.07) is 0. The first-order chi connectivity index (χ1) is 7.51. The second-order valence-corrected chi connectivity index (χ2v) is 6.47. The van der Waals surface area contributed by atoms with Gasteiger partial charge in [-0.05, 0) is 34.7 Å². The van der Waals surface area contributed by atoms with Crippen LogP contribution in [0, 0.1) is 5.92 Å². The van der Waals surface area contributed by atoms with Crippen LogP contribution in [0.3, 0.4) is 0 Å². The molecule has 1 rings (SSSR count). The van der Waals surface area contributed by atoms with E-state index in [2.05, 4.69) is 57.7 Å². The van der Waals surface area contributed by atoms with Gasteiger partial charge >= 0.3 is 0 Å². The van der Waals surface area contributed by atoms with Crippen molar-refractivity contribution in [3.63, 3.8) is 0 Å². The van der Waals surface area contributed by atoms with Crippen LogP contribution in [0.1, 0.15) is 38.6 Å². The van der Waals surface area contributed by atoms with E-state index >= 15 is 0 Å². The largest absolute Gasteiger partial charge is 0.271 e. The van der Waals surface area contributed by atoms with Gasteiger partial charge in [0.15, 0.2) is 0 Å². The summed E-state index contributed by atoms with van der Waals surface area (Å²) in [5.74, 6) is 0.663. The molecule has 0 radical (unpaired) electrons. The third-order valence-electron chi connectivity index (χ3n) is 3.13. The van der Waals surface area contributed by atoms with Gasteiger partial charge in [0.05, 0.1) is 15.9 Å². The third-order valence-corrected chi connectivity index (χ3v) is 4.80. The molecule has 0 saturated heterocycles. The zero-order valence-corrected chi connectivity index (χ0v) is 13.6. The number of hydrogen-bond acceptors (Lipinski definition) is 1. The molecule has 2 unspecified atom stereocenters. The highest BCUT2D eigenvalue weighted by atomic mass is 79.9. The Morgan fingerprint density at radius 2 is 2.00 bits per heavy atom. The maximum atomic E-state index is 4.53. The van der Waals surface area contributed by atoms with Crippen LogP contribution in [0.25, 0.3) is 0 Å². The number of alkyl halides is 1. The average Bonchev–Trinajstić information content (AvgIpc) is 2.51. The van der Waals surface area contributed by atoms with E-state index in [-0.39, 0.29) is 0 Å². The minimum Gasteiger partial charge on any atom is -0.271 e. The number of aryl methyl sites for hydroxylation is 2. The van der Waals surface area contributed by atoms with Crippen LogP contribution in [0.5, 0.6) is 0 Å². The number of aromatic nitrogens is 2. The fourth-order valence-electron chi connectivity index (χ4n) is 1.92. The Kier molecular flexibility index (Phi) is 5.51. The summed E-state index contributed by atoms with van der Waals surface area (Å²) in [5.41, 5.74) is 2.48. The molecule has 2 atom stereocenters. The lowest BCUT2D eigenvalue weighted by molar-refractivity contribution is 0.488. The Bertz CT molecular complexity index is 345.